The van der Waals surface area contributed by atoms with E-state index in [2.05, 4.69) is 0 Å². The summed E-state index contributed by atoms with van der Waals surface area (Å²) in [6.45, 7) is 0. The van der Waals surface area contributed by atoms with Crippen molar-refractivity contribution in [3.8, 4) is 0 Å². The maximum absolute atomic E-state index is 10.1. The zero-order chi connectivity index (χ0) is 7.84. The van der Waals surface area contributed by atoms with Gasteiger partial charge in [0, 0.05) is 6.07 Å². The molecule has 0 unspecified atom stereocenters. The Kier molecular flexibility index (Phi) is 1.00. The summed E-state index contributed by atoms with van der Waals surface area (Å²) in [5, 5.41) is 10.1. The number of hydrogen-bond acceptors (Lipinski definition) is 4. The van der Waals surface area contributed by atoms with Crippen molar-refractivity contribution >= 4 is 17.1 Å². The third-order valence-corrected chi connectivity index (χ3v) is 1.31. The van der Waals surface area contributed by atoms with E-state index < -0.39 is 4.92 Å². The Morgan fingerprint density at radius 1 is 1.45 bits per heavy atom. The Balaban J connectivity index is 2.67. The lowest BCUT2D eigenvalue weighted by Crippen LogP contribution is -1.82. The molecule has 0 spiro atoms. The highest BCUT2D eigenvalue weighted by molar-refractivity contribution is 5.73. The Morgan fingerprint density at radius 2 is 2.27 bits per heavy atom. The number of fused-ring (bicyclic) bond motifs is 1. The molecule has 0 aliphatic rings. The number of rotatable bonds is 1. The lowest BCUT2D eigenvalue weighted by atomic mass is 10.5. The minimum Gasteiger partial charge on any atom is -0.461 e. The first-order valence-corrected chi connectivity index (χ1v) is 2.89. The van der Waals surface area contributed by atoms with Gasteiger partial charge in [-0.25, -0.2) is 0 Å². The first kappa shape index (κ1) is 5.96. The van der Waals surface area contributed by atoms with Gasteiger partial charge >= 0.3 is 5.88 Å². The van der Waals surface area contributed by atoms with E-state index in [0.29, 0.717) is 11.2 Å². The quantitative estimate of drug-likeness (QED) is 0.463. The first-order chi connectivity index (χ1) is 5.27. The highest BCUT2D eigenvalue weighted by atomic mass is 16.6. The van der Waals surface area contributed by atoms with Crippen molar-refractivity contribution in [3.05, 3.63) is 28.5 Å². The van der Waals surface area contributed by atoms with E-state index in [1.807, 2.05) is 0 Å². The van der Waals surface area contributed by atoms with Crippen LogP contribution in [0.5, 0.6) is 0 Å². The van der Waals surface area contributed by atoms with E-state index in [0.717, 1.165) is 0 Å². The summed E-state index contributed by atoms with van der Waals surface area (Å²) in [7, 11) is 0. The van der Waals surface area contributed by atoms with Crippen LogP contribution in [-0.2, 0) is 0 Å². The molecule has 0 amide bonds. The van der Waals surface area contributed by atoms with E-state index in [9.17, 15) is 10.1 Å². The molecule has 0 atom stereocenters. The zero-order valence-electron chi connectivity index (χ0n) is 5.31. The summed E-state index contributed by atoms with van der Waals surface area (Å²) in [6, 6.07) is 2.78. The van der Waals surface area contributed by atoms with Crippen LogP contribution in [0.3, 0.4) is 0 Å². The second-order valence-electron chi connectivity index (χ2n) is 1.99. The van der Waals surface area contributed by atoms with Gasteiger partial charge in [0.05, 0.1) is 6.26 Å². The molecule has 5 heteroatoms. The van der Waals surface area contributed by atoms with Crippen LogP contribution in [0.2, 0.25) is 0 Å². The summed E-state index contributed by atoms with van der Waals surface area (Å²) in [5.41, 5.74) is 0.799. The number of nitro groups is 1. The van der Waals surface area contributed by atoms with Crippen molar-refractivity contribution in [2.75, 3.05) is 0 Å². The molecule has 0 aromatic carbocycles. The molecule has 0 saturated heterocycles. The number of furan rings is 2. The lowest BCUT2D eigenvalue weighted by Gasteiger charge is -1.77. The van der Waals surface area contributed by atoms with E-state index in [1.54, 1.807) is 0 Å². The van der Waals surface area contributed by atoms with Gasteiger partial charge in [0.25, 0.3) is 0 Å². The molecule has 0 fully saturated rings. The van der Waals surface area contributed by atoms with Crippen molar-refractivity contribution in [2.24, 2.45) is 0 Å². The fraction of sp³-hybridized carbons (Fsp3) is 0. The van der Waals surface area contributed by atoms with Crippen molar-refractivity contribution in [2.45, 2.75) is 0 Å². The SMILES string of the molecule is O=[N+]([O-])c1cc2occc2o1. The average Bonchev–Trinajstić information content (AvgIpc) is 2.40. The molecule has 0 aliphatic carbocycles. The summed E-state index contributed by atoms with van der Waals surface area (Å²) < 4.78 is 9.63. The Hall–Kier alpha value is -1.78. The summed E-state index contributed by atoms with van der Waals surface area (Å²) in [4.78, 5) is 9.54. The molecule has 0 aliphatic heterocycles. The molecule has 2 aromatic rings. The van der Waals surface area contributed by atoms with Crippen molar-refractivity contribution in [3.63, 3.8) is 0 Å². The first-order valence-electron chi connectivity index (χ1n) is 2.89. The Morgan fingerprint density at radius 3 is 2.91 bits per heavy atom. The van der Waals surface area contributed by atoms with Gasteiger partial charge in [-0.15, -0.1) is 0 Å². The van der Waals surface area contributed by atoms with E-state index in [4.69, 9.17) is 8.83 Å². The third kappa shape index (κ3) is 0.778. The average molecular weight is 153 g/mol. The Bertz CT molecular complexity index is 371. The van der Waals surface area contributed by atoms with Crippen molar-refractivity contribution in [1.29, 1.82) is 0 Å². The molecule has 5 nitrogen and oxygen atoms in total. The molecule has 0 bridgehead atoms. The van der Waals surface area contributed by atoms with Crippen molar-refractivity contribution < 1.29 is 13.8 Å². The van der Waals surface area contributed by atoms with Gasteiger partial charge in [-0.1, -0.05) is 0 Å². The fourth-order valence-corrected chi connectivity index (χ4v) is 0.843. The predicted octanol–water partition coefficient (Wildman–Crippen LogP) is 1.93. The van der Waals surface area contributed by atoms with Crippen LogP contribution in [0.4, 0.5) is 5.88 Å². The van der Waals surface area contributed by atoms with Gasteiger partial charge in [-0.2, -0.15) is 0 Å². The van der Waals surface area contributed by atoms with Gasteiger partial charge in [0.15, 0.2) is 11.2 Å². The van der Waals surface area contributed by atoms with Gasteiger partial charge < -0.3 is 8.83 Å². The molecule has 56 valence electrons. The summed E-state index contributed by atoms with van der Waals surface area (Å²) >= 11 is 0. The van der Waals surface area contributed by atoms with Crippen LogP contribution in [0.25, 0.3) is 11.2 Å². The minimum absolute atomic E-state index is 0.292. The van der Waals surface area contributed by atoms with Crippen LogP contribution in [-0.4, -0.2) is 4.92 Å². The predicted molar refractivity (Wildman–Crippen MR) is 35.1 cm³/mol. The van der Waals surface area contributed by atoms with Crippen LogP contribution in [0.15, 0.2) is 27.2 Å². The van der Waals surface area contributed by atoms with E-state index in [1.165, 1.54) is 18.4 Å². The number of nitrogens with zero attached hydrogens (tertiary/aromatic N) is 1. The van der Waals surface area contributed by atoms with Crippen LogP contribution in [0.1, 0.15) is 0 Å². The third-order valence-electron chi connectivity index (χ3n) is 1.31. The van der Waals surface area contributed by atoms with E-state index >= 15 is 0 Å². The molecule has 0 saturated carbocycles. The molecule has 11 heavy (non-hydrogen) atoms. The van der Waals surface area contributed by atoms with Crippen molar-refractivity contribution in [1.82, 2.24) is 0 Å². The van der Waals surface area contributed by atoms with Gasteiger partial charge in [-0.05, 0) is 0 Å². The van der Waals surface area contributed by atoms with Gasteiger partial charge in [-0.3, -0.25) is 10.1 Å². The summed E-state index contributed by atoms with van der Waals surface area (Å²) in [5.74, 6) is -0.292. The smallest absolute Gasteiger partial charge is 0.437 e. The maximum Gasteiger partial charge on any atom is 0.437 e. The highest BCUT2D eigenvalue weighted by Gasteiger charge is 2.14. The maximum atomic E-state index is 10.1. The minimum atomic E-state index is -0.602. The standard InChI is InChI=1S/C6H3NO4/c8-7(9)6-3-5-4(11-6)1-2-10-5/h1-3H. The molecule has 0 N–H and O–H groups in total. The number of hydrogen-bond donors (Lipinski definition) is 0. The molecule has 2 rings (SSSR count). The second kappa shape index (κ2) is 1.85. The largest absolute Gasteiger partial charge is 0.461 e. The van der Waals surface area contributed by atoms with Crippen LogP contribution >= 0.6 is 0 Å². The molecular formula is C6H3NO4. The van der Waals surface area contributed by atoms with Gasteiger partial charge in [0.2, 0.25) is 0 Å². The summed E-state index contributed by atoms with van der Waals surface area (Å²) in [6.07, 6.45) is 1.41. The molecular weight excluding hydrogens is 150 g/mol. The monoisotopic (exact) mass is 153 g/mol. The van der Waals surface area contributed by atoms with Crippen LogP contribution < -0.4 is 0 Å². The Labute approximate surface area is 60.4 Å². The van der Waals surface area contributed by atoms with Gasteiger partial charge in [0.1, 0.15) is 11.0 Å². The molecule has 0 radical (unpaired) electrons. The van der Waals surface area contributed by atoms with Crippen LogP contribution in [0, 0.1) is 10.1 Å². The lowest BCUT2D eigenvalue weighted by molar-refractivity contribution is -0.401. The topological polar surface area (TPSA) is 69.4 Å². The van der Waals surface area contributed by atoms with E-state index in [-0.39, 0.29) is 5.88 Å². The fourth-order valence-electron chi connectivity index (χ4n) is 0.843. The molecule has 2 aromatic heterocycles. The highest BCUT2D eigenvalue weighted by Crippen LogP contribution is 2.24. The molecule has 2 heterocycles. The normalized spacial score (nSPS) is 10.5. The second-order valence-corrected chi connectivity index (χ2v) is 1.99. The zero-order valence-corrected chi connectivity index (χ0v) is 5.31.